The summed E-state index contributed by atoms with van der Waals surface area (Å²) >= 11 is 6.08. The number of halogens is 1. The molecule has 10 nitrogen and oxygen atoms in total. The molecule has 2 aromatic rings. The van der Waals surface area contributed by atoms with Crippen LogP contribution in [0.15, 0.2) is 40.4 Å². The highest BCUT2D eigenvalue weighted by Crippen LogP contribution is 2.28. The fourth-order valence-corrected chi connectivity index (χ4v) is 3.12. The quantitative estimate of drug-likeness (QED) is 0.350. The van der Waals surface area contributed by atoms with Crippen molar-refractivity contribution in [3.05, 3.63) is 58.1 Å². The van der Waals surface area contributed by atoms with E-state index in [2.05, 4.69) is 10.1 Å². The zero-order valence-corrected chi connectivity index (χ0v) is 18.8. The van der Waals surface area contributed by atoms with Gasteiger partial charge in [-0.15, -0.1) is 0 Å². The van der Waals surface area contributed by atoms with Gasteiger partial charge in [-0.05, 0) is 50.3 Å². The van der Waals surface area contributed by atoms with Gasteiger partial charge in [0, 0.05) is 10.6 Å². The summed E-state index contributed by atoms with van der Waals surface area (Å²) in [6, 6.07) is 6.81. The van der Waals surface area contributed by atoms with Gasteiger partial charge in [0.15, 0.2) is 6.10 Å². The Morgan fingerprint density at radius 3 is 2.70 bits per heavy atom. The van der Waals surface area contributed by atoms with Gasteiger partial charge in [-0.3, -0.25) is 9.69 Å². The van der Waals surface area contributed by atoms with Crippen molar-refractivity contribution in [2.75, 3.05) is 13.7 Å². The second kappa shape index (κ2) is 10.2. The Hall–Kier alpha value is -3.79. The molecule has 1 aromatic heterocycles. The maximum absolute atomic E-state index is 12.8. The van der Waals surface area contributed by atoms with Crippen molar-refractivity contribution in [1.82, 2.24) is 10.2 Å². The molecule has 3 rings (SSSR count). The molecule has 1 aliphatic rings. The minimum atomic E-state index is -0.906. The number of carbonyl (C=O) groups is 4. The summed E-state index contributed by atoms with van der Waals surface area (Å²) in [7, 11) is 1.21. The molecule has 0 aliphatic carbocycles. The Labute approximate surface area is 194 Å². The summed E-state index contributed by atoms with van der Waals surface area (Å²) in [5.74, 6) is -1.42. The van der Waals surface area contributed by atoms with E-state index in [1.54, 1.807) is 19.1 Å². The highest BCUT2D eigenvalue weighted by molar-refractivity contribution is 6.30. The minimum absolute atomic E-state index is 0.0318. The van der Waals surface area contributed by atoms with Gasteiger partial charge in [0.1, 0.15) is 17.2 Å². The van der Waals surface area contributed by atoms with E-state index in [4.69, 9.17) is 25.5 Å². The van der Waals surface area contributed by atoms with Crippen molar-refractivity contribution >= 4 is 41.6 Å². The van der Waals surface area contributed by atoms with Gasteiger partial charge < -0.3 is 23.9 Å². The number of nitrogens with zero attached hydrogens (tertiary/aromatic N) is 1. The van der Waals surface area contributed by atoms with E-state index in [-0.39, 0.29) is 36.1 Å². The van der Waals surface area contributed by atoms with Gasteiger partial charge in [0.05, 0.1) is 20.3 Å². The van der Waals surface area contributed by atoms with E-state index < -0.39 is 30.0 Å². The molecule has 1 aromatic carbocycles. The maximum atomic E-state index is 12.8. The number of benzene rings is 1. The number of hydrogen-bond acceptors (Lipinski definition) is 8. The average Bonchev–Trinajstić information content (AvgIpc) is 3.35. The number of methoxy groups -OCH3 is 1. The van der Waals surface area contributed by atoms with Crippen LogP contribution >= 0.6 is 11.6 Å². The first-order valence-corrected chi connectivity index (χ1v) is 10.3. The molecule has 0 saturated carbocycles. The molecule has 174 valence electrons. The second-order valence-corrected chi connectivity index (χ2v) is 7.27. The number of nitrogens with one attached hydrogen (secondary N) is 1. The molecule has 1 aliphatic heterocycles. The van der Waals surface area contributed by atoms with Crippen LogP contribution in [0.4, 0.5) is 4.79 Å². The Bertz CT molecular complexity index is 1120. The zero-order valence-electron chi connectivity index (χ0n) is 18.0. The highest BCUT2D eigenvalue weighted by atomic mass is 35.5. The van der Waals surface area contributed by atoms with E-state index in [1.165, 1.54) is 38.3 Å². The van der Waals surface area contributed by atoms with Crippen molar-refractivity contribution in [1.29, 1.82) is 0 Å². The maximum Gasteiger partial charge on any atom is 0.373 e. The molecule has 1 fully saturated rings. The number of ether oxygens (including phenoxy) is 3. The third-order valence-corrected chi connectivity index (χ3v) is 4.75. The Morgan fingerprint density at radius 2 is 2.00 bits per heavy atom. The monoisotopic (exact) mass is 476 g/mol. The fourth-order valence-electron chi connectivity index (χ4n) is 2.94. The van der Waals surface area contributed by atoms with Crippen LogP contribution in [-0.4, -0.2) is 48.6 Å². The van der Waals surface area contributed by atoms with Crippen molar-refractivity contribution in [3.63, 3.8) is 0 Å². The largest absolute Gasteiger partial charge is 0.478 e. The van der Waals surface area contributed by atoms with Crippen LogP contribution in [-0.2, 0) is 25.6 Å². The van der Waals surface area contributed by atoms with Gasteiger partial charge in [0.2, 0.25) is 5.76 Å². The molecule has 0 bridgehead atoms. The number of rotatable bonds is 8. The molecule has 1 unspecified atom stereocenters. The van der Waals surface area contributed by atoms with Crippen LogP contribution in [0.3, 0.4) is 0 Å². The lowest BCUT2D eigenvalue weighted by Gasteiger charge is -2.15. The summed E-state index contributed by atoms with van der Waals surface area (Å²) in [5.41, 5.74) is 0.339. The van der Waals surface area contributed by atoms with Crippen LogP contribution in [0.2, 0.25) is 5.02 Å². The van der Waals surface area contributed by atoms with Crippen LogP contribution in [0.5, 0.6) is 5.75 Å². The second-order valence-electron chi connectivity index (χ2n) is 6.83. The van der Waals surface area contributed by atoms with Crippen molar-refractivity contribution in [2.24, 2.45) is 0 Å². The summed E-state index contributed by atoms with van der Waals surface area (Å²) in [6.45, 7) is 3.22. The molecule has 1 saturated heterocycles. The number of furan rings is 1. The van der Waals surface area contributed by atoms with Gasteiger partial charge in [0.25, 0.3) is 5.91 Å². The summed E-state index contributed by atoms with van der Waals surface area (Å²) in [5, 5.41) is 2.84. The Morgan fingerprint density at radius 1 is 1.24 bits per heavy atom. The molecule has 0 spiro atoms. The zero-order chi connectivity index (χ0) is 24.1. The standard InChI is InChI=1S/C22H21ClN2O8/c1-4-31-20(27)12(2)32-17-7-5-14(23)9-13(17)10-16-19(26)25(22(29)24-16)11-15-6-8-18(33-15)21(28)30-3/h5-10,12H,4,11H2,1-3H3,(H,24,29). The van der Waals surface area contributed by atoms with Gasteiger partial charge in [-0.25, -0.2) is 14.4 Å². The first kappa shape index (κ1) is 23.9. The molecule has 1 N–H and O–H groups in total. The highest BCUT2D eigenvalue weighted by Gasteiger charge is 2.34. The van der Waals surface area contributed by atoms with Crippen molar-refractivity contribution in [3.8, 4) is 5.75 Å². The lowest BCUT2D eigenvalue weighted by Crippen LogP contribution is -2.30. The van der Waals surface area contributed by atoms with E-state index in [9.17, 15) is 19.2 Å². The van der Waals surface area contributed by atoms with Crippen LogP contribution < -0.4 is 10.1 Å². The van der Waals surface area contributed by atoms with E-state index >= 15 is 0 Å². The number of hydrogen-bond donors (Lipinski definition) is 1. The topological polar surface area (TPSA) is 124 Å². The smallest absolute Gasteiger partial charge is 0.373 e. The summed E-state index contributed by atoms with van der Waals surface area (Å²) in [4.78, 5) is 49.5. The predicted octanol–water partition coefficient (Wildman–Crippen LogP) is 3.14. The SMILES string of the molecule is CCOC(=O)C(C)Oc1ccc(Cl)cc1C=C1NC(=O)N(Cc2ccc(C(=O)OC)o2)C1=O. The molecule has 0 radical (unpaired) electrons. The van der Waals surface area contributed by atoms with Crippen LogP contribution in [0, 0.1) is 0 Å². The normalized spacial score (nSPS) is 15.4. The molecule has 2 heterocycles. The Kier molecular flexibility index (Phi) is 7.39. The third kappa shape index (κ3) is 5.53. The van der Waals surface area contributed by atoms with E-state index in [1.807, 2.05) is 0 Å². The fraction of sp³-hybridized carbons (Fsp3) is 0.273. The number of carbonyl (C=O) groups excluding carboxylic acids is 4. The lowest BCUT2D eigenvalue weighted by atomic mass is 10.1. The lowest BCUT2D eigenvalue weighted by molar-refractivity contribution is -0.150. The first-order valence-electron chi connectivity index (χ1n) is 9.87. The van der Waals surface area contributed by atoms with Gasteiger partial charge in [-0.1, -0.05) is 11.6 Å². The number of amides is 3. The molecule has 33 heavy (non-hydrogen) atoms. The van der Waals surface area contributed by atoms with E-state index in [0.29, 0.717) is 10.6 Å². The number of imide groups is 1. The van der Waals surface area contributed by atoms with Gasteiger partial charge >= 0.3 is 18.0 Å². The minimum Gasteiger partial charge on any atom is -0.478 e. The predicted molar refractivity (Wildman–Crippen MR) is 115 cm³/mol. The van der Waals surface area contributed by atoms with Crippen LogP contribution in [0.25, 0.3) is 6.08 Å². The molecule has 1 atom stereocenters. The van der Waals surface area contributed by atoms with Crippen LogP contribution in [0.1, 0.15) is 35.7 Å². The molecule has 3 amide bonds. The summed E-state index contributed by atoms with van der Waals surface area (Å²) in [6.07, 6.45) is 0.484. The first-order chi connectivity index (χ1) is 15.7. The number of urea groups is 1. The molecular formula is C22H21ClN2O8. The van der Waals surface area contributed by atoms with E-state index in [0.717, 1.165) is 4.90 Å². The van der Waals surface area contributed by atoms with Crippen molar-refractivity contribution < 1.29 is 37.8 Å². The Balaban J connectivity index is 1.81. The average molecular weight is 477 g/mol. The number of esters is 2. The molecule has 11 heteroatoms. The third-order valence-electron chi connectivity index (χ3n) is 4.52. The molecular weight excluding hydrogens is 456 g/mol. The summed E-state index contributed by atoms with van der Waals surface area (Å²) < 4.78 is 20.5. The van der Waals surface area contributed by atoms with Gasteiger partial charge in [-0.2, -0.15) is 0 Å². The van der Waals surface area contributed by atoms with Crippen molar-refractivity contribution in [2.45, 2.75) is 26.5 Å².